The van der Waals surface area contributed by atoms with Gasteiger partial charge in [-0.1, -0.05) is 13.3 Å². The van der Waals surface area contributed by atoms with Crippen LogP contribution in [0.1, 0.15) is 19.8 Å². The number of imide groups is 1. The third kappa shape index (κ3) is 4.32. The van der Waals surface area contributed by atoms with E-state index in [9.17, 15) is 9.59 Å². The van der Waals surface area contributed by atoms with Crippen molar-refractivity contribution >= 4 is 11.9 Å². The van der Waals surface area contributed by atoms with E-state index < -0.39 is 17.7 Å². The van der Waals surface area contributed by atoms with Gasteiger partial charge in [0.05, 0.1) is 0 Å². The largest absolute Gasteiger partial charge is 0.503 e. The van der Waals surface area contributed by atoms with E-state index in [0.717, 1.165) is 6.42 Å². The molecule has 0 rings (SSSR count). The number of primary amides is 1. The van der Waals surface area contributed by atoms with E-state index in [-0.39, 0.29) is 0 Å². The number of hydrogen-bond acceptors (Lipinski definition) is 3. The van der Waals surface area contributed by atoms with Crippen LogP contribution in [0.5, 0.6) is 0 Å². The molecule has 5 heteroatoms. The Morgan fingerprint density at radius 3 is 2.58 bits per heavy atom. The van der Waals surface area contributed by atoms with Crippen LogP contribution in [0.25, 0.3) is 0 Å². The highest BCUT2D eigenvalue weighted by Gasteiger charge is 2.07. The van der Waals surface area contributed by atoms with E-state index in [4.69, 9.17) is 5.11 Å². The lowest BCUT2D eigenvalue weighted by molar-refractivity contribution is -0.118. The Morgan fingerprint density at radius 2 is 2.17 bits per heavy atom. The van der Waals surface area contributed by atoms with Gasteiger partial charge in [0.15, 0.2) is 5.76 Å². The first-order valence-electron chi connectivity index (χ1n) is 3.57. The molecule has 0 heterocycles. The Hall–Kier alpha value is -1.52. The Kier molecular flexibility index (Phi) is 4.52. The number of allylic oxidation sites excluding steroid dienone is 1. The summed E-state index contributed by atoms with van der Waals surface area (Å²) in [5.74, 6) is -1.34. The van der Waals surface area contributed by atoms with Crippen molar-refractivity contribution in [2.45, 2.75) is 19.8 Å². The average molecular weight is 172 g/mol. The minimum atomic E-state index is -0.976. The highest BCUT2D eigenvalue weighted by Crippen LogP contribution is 1.94. The normalized spacial score (nSPS) is 10.9. The number of amides is 3. The molecule has 0 atom stereocenters. The van der Waals surface area contributed by atoms with Gasteiger partial charge < -0.3 is 10.8 Å². The zero-order valence-corrected chi connectivity index (χ0v) is 6.83. The maximum Gasteiger partial charge on any atom is 0.319 e. The predicted molar refractivity (Wildman–Crippen MR) is 43.3 cm³/mol. The van der Waals surface area contributed by atoms with E-state index in [2.05, 4.69) is 5.73 Å². The molecule has 5 nitrogen and oxygen atoms in total. The summed E-state index contributed by atoms with van der Waals surface area (Å²) >= 11 is 0. The number of carbonyl (C=O) groups excluding carboxylic acids is 2. The Bertz CT molecular complexity index is 211. The number of rotatable bonds is 3. The lowest BCUT2D eigenvalue weighted by Crippen LogP contribution is -2.35. The van der Waals surface area contributed by atoms with Crippen LogP contribution in [0, 0.1) is 0 Å². The lowest BCUT2D eigenvalue weighted by Gasteiger charge is -1.98. The van der Waals surface area contributed by atoms with Crippen LogP contribution < -0.4 is 11.1 Å². The van der Waals surface area contributed by atoms with Crippen LogP contribution >= 0.6 is 0 Å². The number of aliphatic hydroxyl groups excluding tert-OH is 1. The summed E-state index contributed by atoms with van der Waals surface area (Å²) in [6.45, 7) is 1.90. The first kappa shape index (κ1) is 10.5. The number of carbonyl (C=O) groups is 2. The number of unbranched alkanes of at least 4 members (excludes halogenated alkanes) is 1. The number of hydrogen-bond donors (Lipinski definition) is 3. The predicted octanol–water partition coefficient (Wildman–Crippen LogP) is 0.423. The minimum Gasteiger partial charge on any atom is -0.503 e. The molecule has 0 radical (unpaired) electrons. The summed E-state index contributed by atoms with van der Waals surface area (Å²) in [4.78, 5) is 20.9. The molecule has 0 aromatic carbocycles. The molecule has 0 fully saturated rings. The smallest absolute Gasteiger partial charge is 0.319 e. The van der Waals surface area contributed by atoms with Gasteiger partial charge in [-0.2, -0.15) is 0 Å². The summed E-state index contributed by atoms with van der Waals surface area (Å²) < 4.78 is 0. The van der Waals surface area contributed by atoms with E-state index in [1.807, 2.05) is 6.92 Å². The van der Waals surface area contributed by atoms with Crippen LogP contribution in [0.2, 0.25) is 0 Å². The van der Waals surface area contributed by atoms with Crippen LogP contribution in [0.4, 0.5) is 4.79 Å². The third-order valence-corrected chi connectivity index (χ3v) is 1.10. The second kappa shape index (κ2) is 5.17. The number of urea groups is 1. The van der Waals surface area contributed by atoms with E-state index in [1.54, 1.807) is 5.32 Å². The van der Waals surface area contributed by atoms with E-state index in [1.165, 1.54) is 6.08 Å². The van der Waals surface area contributed by atoms with Crippen LogP contribution in [-0.4, -0.2) is 17.0 Å². The highest BCUT2D eigenvalue weighted by molar-refractivity contribution is 6.01. The molecule has 0 aliphatic carbocycles. The van der Waals surface area contributed by atoms with Gasteiger partial charge in [0, 0.05) is 0 Å². The molecule has 0 aromatic rings. The summed E-state index contributed by atoms with van der Waals surface area (Å²) in [6.07, 6.45) is 2.73. The molecule has 0 spiro atoms. The molecule has 0 aromatic heterocycles. The van der Waals surface area contributed by atoms with Crippen molar-refractivity contribution in [2.24, 2.45) is 5.73 Å². The van der Waals surface area contributed by atoms with Crippen molar-refractivity contribution in [3.8, 4) is 0 Å². The number of nitrogens with one attached hydrogen (secondary N) is 1. The Balaban J connectivity index is 4.00. The quantitative estimate of drug-likeness (QED) is 0.425. The van der Waals surface area contributed by atoms with E-state index >= 15 is 0 Å². The summed E-state index contributed by atoms with van der Waals surface area (Å²) in [6, 6.07) is -0.976. The van der Waals surface area contributed by atoms with Gasteiger partial charge in [-0.3, -0.25) is 10.1 Å². The van der Waals surface area contributed by atoms with E-state index in [0.29, 0.717) is 6.42 Å². The zero-order valence-electron chi connectivity index (χ0n) is 6.83. The molecule has 0 saturated heterocycles. The van der Waals surface area contributed by atoms with Gasteiger partial charge in [0.25, 0.3) is 5.91 Å². The van der Waals surface area contributed by atoms with Gasteiger partial charge in [0.2, 0.25) is 0 Å². The SMILES string of the molecule is CCCC=C(O)C(=O)NC(N)=O. The van der Waals surface area contributed by atoms with Crippen molar-refractivity contribution in [3.05, 3.63) is 11.8 Å². The monoisotopic (exact) mass is 172 g/mol. The third-order valence-electron chi connectivity index (χ3n) is 1.10. The average Bonchev–Trinajstić information content (AvgIpc) is 1.98. The molecule has 0 bridgehead atoms. The van der Waals surface area contributed by atoms with Crippen LogP contribution in [-0.2, 0) is 4.79 Å². The molecule has 0 unspecified atom stereocenters. The van der Waals surface area contributed by atoms with Gasteiger partial charge in [-0.25, -0.2) is 4.79 Å². The zero-order chi connectivity index (χ0) is 9.56. The van der Waals surface area contributed by atoms with Gasteiger partial charge in [-0.15, -0.1) is 0 Å². The van der Waals surface area contributed by atoms with Crippen LogP contribution in [0.3, 0.4) is 0 Å². The molecule has 0 saturated carbocycles. The fourth-order valence-electron chi connectivity index (χ4n) is 0.550. The lowest BCUT2D eigenvalue weighted by atomic mass is 10.3. The molecule has 12 heavy (non-hydrogen) atoms. The second-order valence-electron chi connectivity index (χ2n) is 2.20. The topological polar surface area (TPSA) is 92.4 Å². The van der Waals surface area contributed by atoms with Gasteiger partial charge >= 0.3 is 6.03 Å². The maximum absolute atomic E-state index is 10.7. The molecule has 0 aliphatic rings. The van der Waals surface area contributed by atoms with Gasteiger partial charge in [-0.05, 0) is 12.5 Å². The standard InChI is InChI=1S/C7H12N2O3/c1-2-3-4-5(10)6(11)9-7(8)12/h4,10H,2-3H2,1H3,(H3,8,9,11,12). The molecule has 68 valence electrons. The minimum absolute atomic E-state index is 0.476. The van der Waals surface area contributed by atoms with Crippen molar-refractivity contribution < 1.29 is 14.7 Å². The van der Waals surface area contributed by atoms with Crippen molar-refractivity contribution in [2.75, 3.05) is 0 Å². The molecular formula is C7H12N2O3. The number of nitrogens with two attached hydrogens (primary N) is 1. The summed E-state index contributed by atoms with van der Waals surface area (Å²) in [5, 5.41) is 10.7. The first-order chi connectivity index (χ1) is 5.57. The molecule has 4 N–H and O–H groups in total. The first-order valence-corrected chi connectivity index (χ1v) is 3.57. The Labute approximate surface area is 70.2 Å². The van der Waals surface area contributed by atoms with Gasteiger partial charge in [0.1, 0.15) is 0 Å². The highest BCUT2D eigenvalue weighted by atomic mass is 16.3. The summed E-state index contributed by atoms with van der Waals surface area (Å²) in [7, 11) is 0. The van der Waals surface area contributed by atoms with Crippen molar-refractivity contribution in [1.29, 1.82) is 0 Å². The number of aliphatic hydroxyl groups is 1. The summed E-state index contributed by atoms with van der Waals surface area (Å²) in [5.41, 5.74) is 4.65. The fourth-order valence-corrected chi connectivity index (χ4v) is 0.550. The van der Waals surface area contributed by atoms with Crippen molar-refractivity contribution in [3.63, 3.8) is 0 Å². The fraction of sp³-hybridized carbons (Fsp3) is 0.429. The maximum atomic E-state index is 10.7. The molecular weight excluding hydrogens is 160 g/mol. The Morgan fingerprint density at radius 1 is 1.58 bits per heavy atom. The van der Waals surface area contributed by atoms with Crippen molar-refractivity contribution in [1.82, 2.24) is 5.32 Å². The molecule has 0 aliphatic heterocycles. The second-order valence-corrected chi connectivity index (χ2v) is 2.20. The van der Waals surface area contributed by atoms with Crippen LogP contribution in [0.15, 0.2) is 11.8 Å². The molecule has 3 amide bonds.